The summed E-state index contributed by atoms with van der Waals surface area (Å²) in [6, 6.07) is 5.87. The van der Waals surface area contributed by atoms with Crippen LogP contribution in [0.3, 0.4) is 0 Å². The van der Waals surface area contributed by atoms with Gasteiger partial charge in [-0.3, -0.25) is 9.55 Å². The molecule has 2 rings (SSSR count). The molecule has 0 amide bonds. The number of hydrogen-bond acceptors (Lipinski definition) is 3. The first-order valence-corrected chi connectivity index (χ1v) is 5.63. The van der Waals surface area contributed by atoms with E-state index < -0.39 is 11.7 Å². The monoisotopic (exact) mass is 264 g/mol. The topological polar surface area (TPSA) is 64.1 Å². The largest absolute Gasteiger partial charge is 0.464 e. The Labute approximate surface area is 108 Å². The Bertz CT molecular complexity index is 656. The molecule has 0 aliphatic rings. The minimum absolute atomic E-state index is 0.124. The Hall–Kier alpha value is -2.37. The molecule has 0 saturated heterocycles. The van der Waals surface area contributed by atoms with E-state index in [1.54, 1.807) is 19.2 Å². The number of aromatic nitrogens is 2. The number of hydrogen-bond donors (Lipinski definition) is 1. The summed E-state index contributed by atoms with van der Waals surface area (Å²) in [4.78, 5) is 25.6. The number of benzene rings is 1. The van der Waals surface area contributed by atoms with E-state index in [1.807, 2.05) is 0 Å². The molecule has 0 fully saturated rings. The molecular formula is C13H13FN2O3. The molecule has 0 aliphatic carbocycles. The van der Waals surface area contributed by atoms with Crippen LogP contribution in [0.1, 0.15) is 21.7 Å². The van der Waals surface area contributed by atoms with Gasteiger partial charge in [0.05, 0.1) is 12.8 Å². The highest BCUT2D eigenvalue weighted by Gasteiger charge is 2.18. The van der Waals surface area contributed by atoms with Gasteiger partial charge in [0, 0.05) is 13.5 Å². The van der Waals surface area contributed by atoms with Gasteiger partial charge in [-0.25, -0.2) is 14.0 Å². The van der Waals surface area contributed by atoms with Gasteiger partial charge in [-0.05, 0) is 17.7 Å². The van der Waals surface area contributed by atoms with Crippen molar-refractivity contribution in [2.75, 3.05) is 7.11 Å². The van der Waals surface area contributed by atoms with Gasteiger partial charge in [-0.2, -0.15) is 0 Å². The molecule has 100 valence electrons. The van der Waals surface area contributed by atoms with E-state index in [0.717, 1.165) is 5.56 Å². The van der Waals surface area contributed by atoms with E-state index >= 15 is 0 Å². The number of nitrogens with zero attached hydrogens (tertiary/aromatic N) is 1. The first kappa shape index (κ1) is 13.1. The minimum atomic E-state index is -0.602. The van der Waals surface area contributed by atoms with Crippen LogP contribution in [0.2, 0.25) is 0 Å². The molecule has 0 spiro atoms. The molecule has 5 nitrogen and oxygen atoms in total. The van der Waals surface area contributed by atoms with Crippen molar-refractivity contribution in [2.45, 2.75) is 6.42 Å². The molecular weight excluding hydrogens is 251 g/mol. The van der Waals surface area contributed by atoms with Crippen molar-refractivity contribution in [3.8, 4) is 0 Å². The standard InChI is InChI=1S/C13H13FN2O3/c1-16-10(7-8-3-5-9(14)6-4-8)11(12(17)19-2)15-13(16)18/h3-6H,7H2,1-2H3,(H,15,18). The third-order valence-corrected chi connectivity index (χ3v) is 2.90. The van der Waals surface area contributed by atoms with Gasteiger partial charge in [0.25, 0.3) is 0 Å². The number of carbonyl (C=O) groups is 1. The van der Waals surface area contributed by atoms with Crippen molar-refractivity contribution in [3.05, 3.63) is 57.5 Å². The number of nitrogens with one attached hydrogen (secondary N) is 1. The quantitative estimate of drug-likeness (QED) is 0.848. The van der Waals surface area contributed by atoms with Crippen molar-refractivity contribution < 1.29 is 13.9 Å². The summed E-state index contributed by atoms with van der Waals surface area (Å²) in [5, 5.41) is 0. The molecule has 0 radical (unpaired) electrons. The second kappa shape index (κ2) is 5.09. The van der Waals surface area contributed by atoms with Gasteiger partial charge in [-0.1, -0.05) is 12.1 Å². The van der Waals surface area contributed by atoms with Crippen molar-refractivity contribution >= 4 is 5.97 Å². The first-order valence-electron chi connectivity index (χ1n) is 5.63. The lowest BCUT2D eigenvalue weighted by molar-refractivity contribution is 0.0593. The highest BCUT2D eigenvalue weighted by Crippen LogP contribution is 2.13. The third-order valence-electron chi connectivity index (χ3n) is 2.90. The first-order chi connectivity index (χ1) is 9.02. The Balaban J connectivity index is 2.41. The van der Waals surface area contributed by atoms with Crippen LogP contribution in [0.15, 0.2) is 29.1 Å². The molecule has 1 aromatic carbocycles. The highest BCUT2D eigenvalue weighted by molar-refractivity contribution is 5.88. The maximum atomic E-state index is 12.8. The second-order valence-corrected chi connectivity index (χ2v) is 4.11. The fourth-order valence-corrected chi connectivity index (χ4v) is 1.83. The van der Waals surface area contributed by atoms with Crippen LogP contribution in [0.4, 0.5) is 4.39 Å². The summed E-state index contributed by atoms with van der Waals surface area (Å²) in [7, 11) is 2.81. The lowest BCUT2D eigenvalue weighted by atomic mass is 10.1. The summed E-state index contributed by atoms with van der Waals surface area (Å²) in [6.45, 7) is 0. The number of ether oxygens (including phenoxy) is 1. The number of esters is 1. The predicted octanol–water partition coefficient (Wildman–Crippen LogP) is 1.23. The van der Waals surface area contributed by atoms with E-state index in [4.69, 9.17) is 0 Å². The average molecular weight is 264 g/mol. The number of imidazole rings is 1. The van der Waals surface area contributed by atoms with E-state index in [2.05, 4.69) is 9.72 Å². The summed E-state index contributed by atoms with van der Waals surface area (Å²) in [6.07, 6.45) is 0.333. The van der Waals surface area contributed by atoms with Gasteiger partial charge in [0.2, 0.25) is 0 Å². The summed E-state index contributed by atoms with van der Waals surface area (Å²) in [5.74, 6) is -0.935. The number of rotatable bonds is 3. The number of carbonyl (C=O) groups excluding carboxylic acids is 1. The van der Waals surface area contributed by atoms with Crippen LogP contribution in [0, 0.1) is 5.82 Å². The van der Waals surface area contributed by atoms with Crippen molar-refractivity contribution in [3.63, 3.8) is 0 Å². The minimum Gasteiger partial charge on any atom is -0.464 e. The molecule has 0 atom stereocenters. The van der Waals surface area contributed by atoms with Gasteiger partial charge < -0.3 is 4.74 Å². The van der Waals surface area contributed by atoms with Crippen LogP contribution in [0.25, 0.3) is 0 Å². The molecule has 0 bridgehead atoms. The van der Waals surface area contributed by atoms with Gasteiger partial charge in [0.1, 0.15) is 11.5 Å². The SMILES string of the molecule is COC(=O)c1[nH]c(=O)n(C)c1Cc1ccc(F)cc1. The van der Waals surface area contributed by atoms with Gasteiger partial charge >= 0.3 is 11.7 Å². The molecule has 2 aromatic rings. The average Bonchev–Trinajstić information content (AvgIpc) is 2.68. The van der Waals surface area contributed by atoms with Crippen LogP contribution in [-0.2, 0) is 18.2 Å². The summed E-state index contributed by atoms with van der Waals surface area (Å²) < 4.78 is 18.8. The predicted molar refractivity (Wildman–Crippen MR) is 66.6 cm³/mol. The summed E-state index contributed by atoms with van der Waals surface area (Å²) in [5.41, 5.74) is 1.03. The molecule has 0 unspecified atom stereocenters. The maximum Gasteiger partial charge on any atom is 0.356 e. The van der Waals surface area contributed by atoms with Crippen molar-refractivity contribution in [1.29, 1.82) is 0 Å². The smallest absolute Gasteiger partial charge is 0.356 e. The molecule has 1 heterocycles. The van der Waals surface area contributed by atoms with Crippen LogP contribution in [0.5, 0.6) is 0 Å². The Morgan fingerprint density at radius 3 is 2.58 bits per heavy atom. The number of H-pyrrole nitrogens is 1. The summed E-state index contributed by atoms with van der Waals surface area (Å²) >= 11 is 0. The van der Waals surface area contributed by atoms with Crippen molar-refractivity contribution in [2.24, 2.45) is 7.05 Å². The lowest BCUT2D eigenvalue weighted by Crippen LogP contribution is -2.14. The molecule has 0 aliphatic heterocycles. The molecule has 1 N–H and O–H groups in total. The Morgan fingerprint density at radius 1 is 1.37 bits per heavy atom. The highest BCUT2D eigenvalue weighted by atomic mass is 19.1. The zero-order chi connectivity index (χ0) is 14.0. The fraction of sp³-hybridized carbons (Fsp3) is 0.231. The second-order valence-electron chi connectivity index (χ2n) is 4.11. The Kier molecular flexibility index (Phi) is 3.50. The number of aromatic amines is 1. The number of methoxy groups -OCH3 is 1. The zero-order valence-electron chi connectivity index (χ0n) is 10.6. The van der Waals surface area contributed by atoms with Crippen LogP contribution >= 0.6 is 0 Å². The van der Waals surface area contributed by atoms with Crippen LogP contribution < -0.4 is 5.69 Å². The van der Waals surface area contributed by atoms with Gasteiger partial charge in [-0.15, -0.1) is 0 Å². The van der Waals surface area contributed by atoms with Crippen LogP contribution in [-0.4, -0.2) is 22.6 Å². The van der Waals surface area contributed by atoms with E-state index in [-0.39, 0.29) is 11.5 Å². The Morgan fingerprint density at radius 2 is 2.00 bits per heavy atom. The number of halogens is 1. The molecule has 0 saturated carbocycles. The van der Waals surface area contributed by atoms with E-state index in [0.29, 0.717) is 12.1 Å². The normalized spacial score (nSPS) is 10.5. The molecule has 6 heteroatoms. The van der Waals surface area contributed by atoms with E-state index in [9.17, 15) is 14.0 Å². The third kappa shape index (κ3) is 2.57. The molecule has 1 aromatic heterocycles. The van der Waals surface area contributed by atoms with E-state index in [1.165, 1.54) is 23.8 Å². The van der Waals surface area contributed by atoms with Crippen molar-refractivity contribution in [1.82, 2.24) is 9.55 Å². The molecule has 19 heavy (non-hydrogen) atoms. The maximum absolute atomic E-state index is 12.8. The lowest BCUT2D eigenvalue weighted by Gasteiger charge is -2.05. The fourth-order valence-electron chi connectivity index (χ4n) is 1.83. The van der Waals surface area contributed by atoms with Gasteiger partial charge in [0.15, 0.2) is 0 Å². The zero-order valence-corrected chi connectivity index (χ0v) is 10.6.